The molecule has 1 aromatic heterocycles. The van der Waals surface area contributed by atoms with Gasteiger partial charge in [-0.05, 0) is 12.1 Å². The van der Waals surface area contributed by atoms with Gasteiger partial charge >= 0.3 is 5.97 Å². The molecule has 2 rings (SSSR count). The summed E-state index contributed by atoms with van der Waals surface area (Å²) in [4.78, 5) is 22.2. The van der Waals surface area contributed by atoms with Gasteiger partial charge in [0.1, 0.15) is 5.52 Å². The van der Waals surface area contributed by atoms with Crippen LogP contribution >= 0.6 is 0 Å². The Morgan fingerprint density at radius 3 is 2.88 bits per heavy atom. The van der Waals surface area contributed by atoms with Gasteiger partial charge in [-0.25, -0.2) is 9.48 Å². The van der Waals surface area contributed by atoms with Gasteiger partial charge in [0.15, 0.2) is 6.29 Å². The molecule has 0 saturated heterocycles. The van der Waals surface area contributed by atoms with Gasteiger partial charge in [0.25, 0.3) is 0 Å². The second kappa shape index (κ2) is 3.73. The first-order chi connectivity index (χ1) is 7.67. The summed E-state index contributed by atoms with van der Waals surface area (Å²) in [7, 11) is 2.97. The van der Waals surface area contributed by atoms with Crippen molar-refractivity contribution in [2.75, 3.05) is 7.11 Å². The van der Waals surface area contributed by atoms with Gasteiger partial charge in [-0.2, -0.15) is 0 Å². The van der Waals surface area contributed by atoms with Gasteiger partial charge in [-0.3, -0.25) is 4.79 Å². The van der Waals surface area contributed by atoms with E-state index in [1.807, 2.05) is 0 Å². The van der Waals surface area contributed by atoms with Crippen molar-refractivity contribution in [2.24, 2.45) is 7.05 Å². The van der Waals surface area contributed by atoms with Crippen LogP contribution in [0.15, 0.2) is 12.1 Å². The zero-order chi connectivity index (χ0) is 11.7. The molecule has 0 aliphatic carbocycles. The van der Waals surface area contributed by atoms with E-state index in [0.717, 1.165) is 0 Å². The summed E-state index contributed by atoms with van der Waals surface area (Å²) >= 11 is 0. The molecule has 0 unspecified atom stereocenters. The fraction of sp³-hybridized carbons (Fsp3) is 0.200. The van der Waals surface area contributed by atoms with Crippen LogP contribution < -0.4 is 0 Å². The average Bonchev–Trinajstić information content (AvgIpc) is 2.69. The van der Waals surface area contributed by atoms with E-state index in [1.54, 1.807) is 13.1 Å². The number of carbonyl (C=O) groups is 2. The number of benzene rings is 1. The Labute approximate surface area is 90.8 Å². The summed E-state index contributed by atoms with van der Waals surface area (Å²) in [5.74, 6) is -0.494. The van der Waals surface area contributed by atoms with Gasteiger partial charge in [0.2, 0.25) is 0 Å². The molecule has 0 fully saturated rings. The summed E-state index contributed by atoms with van der Waals surface area (Å²) in [5.41, 5.74) is 1.73. The predicted molar refractivity (Wildman–Crippen MR) is 55.2 cm³/mol. The smallest absolute Gasteiger partial charge is 0.337 e. The Bertz CT molecular complexity index is 574. The highest BCUT2D eigenvalue weighted by molar-refractivity contribution is 6.00. The van der Waals surface area contributed by atoms with E-state index in [2.05, 4.69) is 15.0 Å². The molecule has 1 heterocycles. The lowest BCUT2D eigenvalue weighted by Crippen LogP contribution is -2.03. The summed E-state index contributed by atoms with van der Waals surface area (Å²) < 4.78 is 6.09. The van der Waals surface area contributed by atoms with Crippen molar-refractivity contribution in [1.82, 2.24) is 15.0 Å². The standard InChI is InChI=1S/C10H9N3O3/c1-13-8-4-6(10(15)16-2)3-7(5-14)9(8)11-12-13/h3-5H,1-2H3. The third kappa shape index (κ3) is 1.44. The van der Waals surface area contributed by atoms with Gasteiger partial charge in [0, 0.05) is 12.6 Å². The molecule has 6 heteroatoms. The summed E-state index contributed by atoms with van der Waals surface area (Å²) in [6, 6.07) is 3.03. The largest absolute Gasteiger partial charge is 0.465 e. The molecule has 0 bridgehead atoms. The lowest BCUT2D eigenvalue weighted by molar-refractivity contribution is 0.0601. The first-order valence-electron chi connectivity index (χ1n) is 4.54. The molecular weight excluding hydrogens is 210 g/mol. The minimum Gasteiger partial charge on any atom is -0.465 e. The van der Waals surface area contributed by atoms with Crippen LogP contribution in [0.1, 0.15) is 20.7 Å². The number of nitrogens with zero attached hydrogens (tertiary/aromatic N) is 3. The minimum atomic E-state index is -0.494. The highest BCUT2D eigenvalue weighted by atomic mass is 16.5. The molecule has 0 saturated carbocycles. The normalized spacial score (nSPS) is 10.4. The van der Waals surface area contributed by atoms with E-state index in [1.165, 1.54) is 17.9 Å². The Balaban J connectivity index is 2.75. The fourth-order valence-corrected chi connectivity index (χ4v) is 1.48. The van der Waals surface area contributed by atoms with Crippen LogP contribution in [-0.2, 0) is 11.8 Å². The quantitative estimate of drug-likeness (QED) is 0.545. The lowest BCUT2D eigenvalue weighted by atomic mass is 10.1. The molecule has 2 aromatic rings. The number of aldehydes is 1. The maximum absolute atomic E-state index is 11.4. The minimum absolute atomic E-state index is 0.308. The number of carbonyl (C=O) groups excluding carboxylic acids is 2. The van der Waals surface area contributed by atoms with E-state index in [9.17, 15) is 9.59 Å². The molecule has 1 aromatic carbocycles. The first-order valence-corrected chi connectivity index (χ1v) is 4.54. The monoisotopic (exact) mass is 219 g/mol. The van der Waals surface area contributed by atoms with Crippen molar-refractivity contribution in [2.45, 2.75) is 0 Å². The van der Waals surface area contributed by atoms with Gasteiger partial charge in [-0.15, -0.1) is 5.10 Å². The van der Waals surface area contributed by atoms with Crippen LogP contribution in [-0.4, -0.2) is 34.4 Å². The molecule has 6 nitrogen and oxygen atoms in total. The van der Waals surface area contributed by atoms with E-state index in [-0.39, 0.29) is 0 Å². The number of aryl methyl sites for hydroxylation is 1. The molecule has 0 N–H and O–H groups in total. The van der Waals surface area contributed by atoms with Crippen molar-refractivity contribution < 1.29 is 14.3 Å². The number of aromatic nitrogens is 3. The molecule has 0 amide bonds. The van der Waals surface area contributed by atoms with Crippen LogP contribution in [0, 0.1) is 0 Å². The average molecular weight is 219 g/mol. The number of esters is 1. The number of methoxy groups -OCH3 is 1. The molecule has 0 aliphatic heterocycles. The maximum Gasteiger partial charge on any atom is 0.337 e. The predicted octanol–water partition coefficient (Wildman–Crippen LogP) is 0.567. The van der Waals surface area contributed by atoms with Gasteiger partial charge in [0.05, 0.1) is 18.2 Å². The molecule has 16 heavy (non-hydrogen) atoms. The number of hydrogen-bond acceptors (Lipinski definition) is 5. The second-order valence-electron chi connectivity index (χ2n) is 3.26. The fourth-order valence-electron chi connectivity index (χ4n) is 1.48. The van der Waals surface area contributed by atoms with Crippen molar-refractivity contribution in [3.63, 3.8) is 0 Å². The van der Waals surface area contributed by atoms with Crippen LogP contribution in [0.25, 0.3) is 11.0 Å². The van der Waals surface area contributed by atoms with Crippen molar-refractivity contribution in [3.8, 4) is 0 Å². The number of ether oxygens (including phenoxy) is 1. The van der Waals surface area contributed by atoms with Crippen molar-refractivity contribution >= 4 is 23.3 Å². The zero-order valence-electron chi connectivity index (χ0n) is 8.80. The SMILES string of the molecule is COC(=O)c1cc(C=O)c2nnn(C)c2c1. The Hall–Kier alpha value is -2.24. The lowest BCUT2D eigenvalue weighted by Gasteiger charge is -2.01. The van der Waals surface area contributed by atoms with E-state index in [4.69, 9.17) is 0 Å². The highest BCUT2D eigenvalue weighted by Crippen LogP contribution is 2.17. The summed E-state index contributed by atoms with van der Waals surface area (Å²) in [6.45, 7) is 0. The van der Waals surface area contributed by atoms with Crippen LogP contribution in [0.5, 0.6) is 0 Å². The van der Waals surface area contributed by atoms with E-state index in [0.29, 0.717) is 28.4 Å². The van der Waals surface area contributed by atoms with E-state index < -0.39 is 5.97 Å². The topological polar surface area (TPSA) is 74.1 Å². The molecule has 82 valence electrons. The van der Waals surface area contributed by atoms with Crippen molar-refractivity contribution in [3.05, 3.63) is 23.3 Å². The molecule has 0 spiro atoms. The van der Waals surface area contributed by atoms with Crippen LogP contribution in [0.4, 0.5) is 0 Å². The number of hydrogen-bond donors (Lipinski definition) is 0. The highest BCUT2D eigenvalue weighted by Gasteiger charge is 2.13. The maximum atomic E-state index is 11.4. The first kappa shape index (κ1) is 10.3. The Morgan fingerprint density at radius 1 is 1.50 bits per heavy atom. The summed E-state index contributed by atoms with van der Waals surface area (Å²) in [6.07, 6.45) is 0.642. The number of fused-ring (bicyclic) bond motifs is 1. The van der Waals surface area contributed by atoms with Gasteiger partial charge < -0.3 is 4.74 Å². The van der Waals surface area contributed by atoms with Crippen molar-refractivity contribution in [1.29, 1.82) is 0 Å². The van der Waals surface area contributed by atoms with Gasteiger partial charge in [-0.1, -0.05) is 5.21 Å². The summed E-state index contributed by atoms with van der Waals surface area (Å²) in [5, 5.41) is 7.63. The van der Waals surface area contributed by atoms with Crippen LogP contribution in [0.2, 0.25) is 0 Å². The Kier molecular flexibility index (Phi) is 2.40. The number of rotatable bonds is 2. The second-order valence-corrected chi connectivity index (χ2v) is 3.26. The Morgan fingerprint density at radius 2 is 2.25 bits per heavy atom. The molecule has 0 atom stereocenters. The molecule has 0 radical (unpaired) electrons. The van der Waals surface area contributed by atoms with Crippen LogP contribution in [0.3, 0.4) is 0 Å². The zero-order valence-corrected chi connectivity index (χ0v) is 8.80. The molecular formula is C10H9N3O3. The molecule has 0 aliphatic rings. The van der Waals surface area contributed by atoms with E-state index >= 15 is 0 Å². The third-order valence-corrected chi connectivity index (χ3v) is 2.29. The third-order valence-electron chi connectivity index (χ3n) is 2.29.